The van der Waals surface area contributed by atoms with Crippen LogP contribution in [0, 0.1) is 5.82 Å². The number of hydrogen-bond acceptors (Lipinski definition) is 0. The number of alkyl halides is 2. The second-order valence-electron chi connectivity index (χ2n) is 1.97. The van der Waals surface area contributed by atoms with Crippen LogP contribution in [0.25, 0.3) is 0 Å². The van der Waals surface area contributed by atoms with Gasteiger partial charge in [0.15, 0.2) is 0 Å². The van der Waals surface area contributed by atoms with E-state index in [1.807, 2.05) is 0 Å². The van der Waals surface area contributed by atoms with Crippen molar-refractivity contribution in [1.82, 2.24) is 0 Å². The van der Waals surface area contributed by atoms with E-state index in [1.54, 1.807) is 12.1 Å². The van der Waals surface area contributed by atoms with Crippen LogP contribution in [0.3, 0.4) is 0 Å². The fourth-order valence-corrected chi connectivity index (χ4v) is 1.17. The molecule has 0 aliphatic heterocycles. The first-order valence-electron chi connectivity index (χ1n) is 2.84. The molecule has 0 saturated carbocycles. The predicted molar refractivity (Wildman–Crippen MR) is 48.5 cm³/mol. The molecule has 0 amide bonds. The number of hydrogen-bond donors (Lipinski definition) is 0. The Morgan fingerprint density at radius 3 is 2.45 bits per heavy atom. The van der Waals surface area contributed by atoms with E-state index in [0.717, 1.165) is 0 Å². The van der Waals surface area contributed by atoms with Crippen molar-refractivity contribution in [3.63, 3.8) is 0 Å². The molecule has 0 N–H and O–H groups in total. The summed E-state index contributed by atoms with van der Waals surface area (Å²) in [6.07, 6.45) is 0. The van der Waals surface area contributed by atoms with Gasteiger partial charge in [0.1, 0.15) is 10.7 Å². The fourth-order valence-electron chi connectivity index (χ4n) is 0.648. The van der Waals surface area contributed by atoms with Crippen molar-refractivity contribution in [2.45, 2.75) is 4.84 Å². The zero-order valence-electron chi connectivity index (χ0n) is 5.32. The summed E-state index contributed by atoms with van der Waals surface area (Å²) in [7, 11) is 0. The highest BCUT2D eigenvalue weighted by Gasteiger charge is 2.05. The molecule has 0 nitrogen and oxygen atoms in total. The summed E-state index contributed by atoms with van der Waals surface area (Å²) < 4.78 is 13.2. The Hall–Kier alpha value is 0.210. The third kappa shape index (κ3) is 2.32. The molecule has 60 valence electrons. The van der Waals surface area contributed by atoms with Gasteiger partial charge in [-0.1, -0.05) is 6.07 Å². The summed E-state index contributed by atoms with van der Waals surface area (Å²) >= 11 is 14.0. The SMILES string of the molecule is Fc1cc(C(Cl)Cl)ccc1Br. The van der Waals surface area contributed by atoms with E-state index in [2.05, 4.69) is 15.9 Å². The van der Waals surface area contributed by atoms with Crippen molar-refractivity contribution in [3.8, 4) is 0 Å². The molecule has 0 radical (unpaired) electrons. The van der Waals surface area contributed by atoms with Gasteiger partial charge in [-0.15, -0.1) is 23.2 Å². The third-order valence-electron chi connectivity index (χ3n) is 1.20. The standard InChI is InChI=1S/C7H4BrCl2F/c8-5-2-1-4(7(9)10)3-6(5)11/h1-3,7H. The van der Waals surface area contributed by atoms with Crippen molar-refractivity contribution in [2.75, 3.05) is 0 Å². The van der Waals surface area contributed by atoms with Crippen LogP contribution in [0.1, 0.15) is 10.4 Å². The highest BCUT2D eigenvalue weighted by Crippen LogP contribution is 2.27. The Kier molecular flexibility index (Phi) is 3.16. The van der Waals surface area contributed by atoms with Crippen LogP contribution < -0.4 is 0 Å². The maximum atomic E-state index is 12.8. The van der Waals surface area contributed by atoms with Gasteiger partial charge in [-0.2, -0.15) is 0 Å². The number of rotatable bonds is 1. The average molecular weight is 258 g/mol. The maximum absolute atomic E-state index is 12.8. The van der Waals surface area contributed by atoms with Gasteiger partial charge in [-0.25, -0.2) is 4.39 Å². The van der Waals surface area contributed by atoms with Crippen molar-refractivity contribution in [3.05, 3.63) is 34.1 Å². The first-order chi connectivity index (χ1) is 5.11. The lowest BCUT2D eigenvalue weighted by molar-refractivity contribution is 0.619. The minimum Gasteiger partial charge on any atom is -0.206 e. The first kappa shape index (κ1) is 9.30. The molecular weight excluding hydrogens is 254 g/mol. The normalized spacial score (nSPS) is 10.6. The van der Waals surface area contributed by atoms with Crippen LogP contribution in [-0.2, 0) is 0 Å². The van der Waals surface area contributed by atoms with Gasteiger partial charge in [-0.05, 0) is 33.6 Å². The molecule has 1 aromatic carbocycles. The number of benzene rings is 1. The maximum Gasteiger partial charge on any atom is 0.137 e. The third-order valence-corrected chi connectivity index (χ3v) is 2.34. The predicted octanol–water partition coefficient (Wildman–Crippen LogP) is 4.06. The lowest BCUT2D eigenvalue weighted by Gasteiger charge is -2.01. The van der Waals surface area contributed by atoms with Gasteiger partial charge in [0, 0.05) is 0 Å². The highest BCUT2D eigenvalue weighted by molar-refractivity contribution is 9.10. The first-order valence-corrected chi connectivity index (χ1v) is 4.51. The van der Waals surface area contributed by atoms with Crippen LogP contribution in [0.2, 0.25) is 0 Å². The van der Waals surface area contributed by atoms with E-state index < -0.39 is 4.84 Å². The molecule has 0 fully saturated rings. The minimum absolute atomic E-state index is 0.353. The zero-order chi connectivity index (χ0) is 8.43. The Balaban J connectivity index is 3.05. The topological polar surface area (TPSA) is 0 Å². The van der Waals surface area contributed by atoms with Crippen LogP contribution in [0.5, 0.6) is 0 Å². The van der Waals surface area contributed by atoms with Gasteiger partial charge in [0.25, 0.3) is 0 Å². The Morgan fingerprint density at radius 1 is 1.36 bits per heavy atom. The summed E-state index contributed by atoms with van der Waals surface area (Å²) in [5.41, 5.74) is 0.564. The number of halogens is 4. The molecule has 0 unspecified atom stereocenters. The van der Waals surface area contributed by atoms with Crippen molar-refractivity contribution >= 4 is 39.1 Å². The van der Waals surface area contributed by atoms with Crippen LogP contribution >= 0.6 is 39.1 Å². The second kappa shape index (κ2) is 3.74. The molecule has 11 heavy (non-hydrogen) atoms. The summed E-state index contributed by atoms with van der Waals surface area (Å²) in [6.45, 7) is 0. The summed E-state index contributed by atoms with van der Waals surface area (Å²) in [5.74, 6) is -0.353. The molecule has 0 saturated heterocycles. The summed E-state index contributed by atoms with van der Waals surface area (Å²) in [4.78, 5) is -0.669. The van der Waals surface area contributed by atoms with E-state index in [0.29, 0.717) is 10.0 Å². The lowest BCUT2D eigenvalue weighted by Crippen LogP contribution is -1.84. The van der Waals surface area contributed by atoms with Gasteiger partial charge in [0.2, 0.25) is 0 Å². The van der Waals surface area contributed by atoms with E-state index in [9.17, 15) is 4.39 Å². The fraction of sp³-hybridized carbons (Fsp3) is 0.143. The minimum atomic E-state index is -0.669. The summed E-state index contributed by atoms with van der Waals surface area (Å²) in [6, 6.07) is 4.54. The van der Waals surface area contributed by atoms with Crippen LogP contribution in [0.15, 0.2) is 22.7 Å². The molecule has 0 aromatic heterocycles. The molecule has 1 aromatic rings. The molecule has 0 spiro atoms. The molecule has 0 heterocycles. The molecular formula is C7H4BrCl2F. The monoisotopic (exact) mass is 256 g/mol. The second-order valence-corrected chi connectivity index (χ2v) is 3.92. The molecule has 4 heteroatoms. The molecule has 0 bridgehead atoms. The van der Waals surface area contributed by atoms with Crippen LogP contribution in [-0.4, -0.2) is 0 Å². The van der Waals surface area contributed by atoms with Crippen molar-refractivity contribution in [1.29, 1.82) is 0 Å². The van der Waals surface area contributed by atoms with Gasteiger partial charge < -0.3 is 0 Å². The Morgan fingerprint density at radius 2 is 2.00 bits per heavy atom. The smallest absolute Gasteiger partial charge is 0.137 e. The average Bonchev–Trinajstić information content (AvgIpc) is 1.94. The van der Waals surface area contributed by atoms with Gasteiger partial charge in [0.05, 0.1) is 4.47 Å². The summed E-state index contributed by atoms with van der Waals surface area (Å²) in [5, 5.41) is 0. The van der Waals surface area contributed by atoms with E-state index in [-0.39, 0.29) is 5.82 Å². The van der Waals surface area contributed by atoms with Crippen molar-refractivity contribution in [2.24, 2.45) is 0 Å². The van der Waals surface area contributed by atoms with Gasteiger partial charge >= 0.3 is 0 Å². The van der Waals surface area contributed by atoms with E-state index in [1.165, 1.54) is 6.07 Å². The molecule has 1 rings (SSSR count). The Labute approximate surface area is 82.4 Å². The van der Waals surface area contributed by atoms with Gasteiger partial charge in [-0.3, -0.25) is 0 Å². The quantitative estimate of drug-likeness (QED) is 0.666. The van der Waals surface area contributed by atoms with Crippen LogP contribution in [0.4, 0.5) is 4.39 Å². The van der Waals surface area contributed by atoms with E-state index >= 15 is 0 Å². The van der Waals surface area contributed by atoms with Crippen molar-refractivity contribution < 1.29 is 4.39 Å². The molecule has 0 atom stereocenters. The lowest BCUT2D eigenvalue weighted by atomic mass is 10.2. The van der Waals surface area contributed by atoms with E-state index in [4.69, 9.17) is 23.2 Å². The molecule has 0 aliphatic carbocycles. The highest BCUT2D eigenvalue weighted by atomic mass is 79.9. The largest absolute Gasteiger partial charge is 0.206 e. The molecule has 0 aliphatic rings. The zero-order valence-corrected chi connectivity index (χ0v) is 8.42. The Bertz CT molecular complexity index is 263.